The minimum absolute atomic E-state index is 0.0215. The molecule has 0 saturated carbocycles. The lowest BCUT2D eigenvalue weighted by Crippen LogP contribution is -2.38. The van der Waals surface area contributed by atoms with Crippen molar-refractivity contribution in [2.75, 3.05) is 11.9 Å². The van der Waals surface area contributed by atoms with Crippen LogP contribution in [0, 0.1) is 0 Å². The van der Waals surface area contributed by atoms with Crippen molar-refractivity contribution in [1.82, 2.24) is 15.1 Å². The highest BCUT2D eigenvalue weighted by atomic mass is 79.9. The second-order valence-electron chi connectivity index (χ2n) is 3.27. The van der Waals surface area contributed by atoms with Crippen LogP contribution in [0.1, 0.15) is 24.2 Å². The van der Waals surface area contributed by atoms with Crippen LogP contribution in [0.3, 0.4) is 0 Å². The van der Waals surface area contributed by atoms with Crippen LogP contribution in [-0.2, 0) is 0 Å². The van der Waals surface area contributed by atoms with E-state index >= 15 is 0 Å². The molecule has 1 aromatic rings. The van der Waals surface area contributed by atoms with Gasteiger partial charge in [-0.2, -0.15) is 5.10 Å². The van der Waals surface area contributed by atoms with E-state index in [2.05, 4.69) is 26.1 Å². The van der Waals surface area contributed by atoms with Gasteiger partial charge in [-0.15, -0.1) is 0 Å². The van der Waals surface area contributed by atoms with Gasteiger partial charge in [0.25, 0.3) is 5.91 Å². The van der Waals surface area contributed by atoms with Gasteiger partial charge in [0.2, 0.25) is 0 Å². The second-order valence-corrected chi connectivity index (χ2v) is 4.06. The van der Waals surface area contributed by atoms with E-state index < -0.39 is 0 Å². The van der Waals surface area contributed by atoms with Crippen molar-refractivity contribution >= 4 is 21.8 Å². The number of nitrogens with zero attached hydrogens (tertiary/aromatic N) is 2. The summed E-state index contributed by atoms with van der Waals surface area (Å²) in [4.78, 5) is 13.7. The third-order valence-corrected chi connectivity index (χ3v) is 2.31. The fraction of sp³-hybridized carbons (Fsp3) is 0.556. The SMILES string of the molecule is CC(C)N(CCBr)C(=O)c1cn[nH]c1. The smallest absolute Gasteiger partial charge is 0.257 e. The molecule has 0 unspecified atom stereocenters. The molecule has 78 valence electrons. The van der Waals surface area contributed by atoms with E-state index in [0.717, 1.165) is 5.33 Å². The molecule has 4 nitrogen and oxygen atoms in total. The Morgan fingerprint density at radius 1 is 1.71 bits per heavy atom. The summed E-state index contributed by atoms with van der Waals surface area (Å²) in [6, 6.07) is 0.204. The van der Waals surface area contributed by atoms with E-state index in [1.165, 1.54) is 0 Å². The van der Waals surface area contributed by atoms with E-state index in [0.29, 0.717) is 12.1 Å². The Hall–Kier alpha value is -0.840. The lowest BCUT2D eigenvalue weighted by atomic mass is 10.2. The first-order valence-corrected chi connectivity index (χ1v) is 5.64. The number of hydrogen-bond acceptors (Lipinski definition) is 2. The molecular weight excluding hydrogens is 246 g/mol. The first kappa shape index (κ1) is 11.2. The molecule has 0 aliphatic heterocycles. The summed E-state index contributed by atoms with van der Waals surface area (Å²) in [7, 11) is 0. The van der Waals surface area contributed by atoms with E-state index in [4.69, 9.17) is 0 Å². The summed E-state index contributed by atoms with van der Waals surface area (Å²) >= 11 is 3.33. The average molecular weight is 260 g/mol. The number of amides is 1. The van der Waals surface area contributed by atoms with Crippen molar-refractivity contribution in [3.05, 3.63) is 18.0 Å². The fourth-order valence-electron chi connectivity index (χ4n) is 1.22. The van der Waals surface area contributed by atoms with E-state index in [9.17, 15) is 4.79 Å². The summed E-state index contributed by atoms with van der Waals surface area (Å²) in [5.41, 5.74) is 0.611. The molecule has 0 atom stereocenters. The van der Waals surface area contributed by atoms with Gasteiger partial charge < -0.3 is 4.90 Å². The molecule has 0 bridgehead atoms. The first-order valence-electron chi connectivity index (χ1n) is 4.52. The number of hydrogen-bond donors (Lipinski definition) is 1. The quantitative estimate of drug-likeness (QED) is 0.837. The Balaban J connectivity index is 2.74. The zero-order valence-electron chi connectivity index (χ0n) is 8.33. The van der Waals surface area contributed by atoms with Gasteiger partial charge in [-0.3, -0.25) is 9.89 Å². The Morgan fingerprint density at radius 3 is 2.86 bits per heavy atom. The number of rotatable bonds is 4. The molecule has 0 aliphatic carbocycles. The van der Waals surface area contributed by atoms with E-state index in [1.54, 1.807) is 17.3 Å². The van der Waals surface area contributed by atoms with Crippen LogP contribution in [-0.4, -0.2) is 38.9 Å². The average Bonchev–Trinajstić information content (AvgIpc) is 2.65. The largest absolute Gasteiger partial charge is 0.335 e. The van der Waals surface area contributed by atoms with Crippen LogP contribution >= 0.6 is 15.9 Å². The van der Waals surface area contributed by atoms with E-state index in [1.807, 2.05) is 13.8 Å². The van der Waals surface area contributed by atoms with Crippen LogP contribution in [0.25, 0.3) is 0 Å². The summed E-state index contributed by atoms with van der Waals surface area (Å²) in [6.45, 7) is 4.71. The highest BCUT2D eigenvalue weighted by Gasteiger charge is 2.18. The highest BCUT2D eigenvalue weighted by molar-refractivity contribution is 9.09. The normalized spacial score (nSPS) is 10.6. The van der Waals surface area contributed by atoms with Gasteiger partial charge in [0, 0.05) is 24.1 Å². The summed E-state index contributed by atoms with van der Waals surface area (Å²) in [5, 5.41) is 7.18. The number of nitrogens with one attached hydrogen (secondary N) is 1. The number of aromatic nitrogens is 2. The standard InChI is InChI=1S/C9H14BrN3O/c1-7(2)13(4-3-10)9(14)8-5-11-12-6-8/h5-7H,3-4H2,1-2H3,(H,11,12). The maximum Gasteiger partial charge on any atom is 0.257 e. The molecular formula is C9H14BrN3O. The van der Waals surface area contributed by atoms with Gasteiger partial charge >= 0.3 is 0 Å². The van der Waals surface area contributed by atoms with Crippen molar-refractivity contribution in [3.8, 4) is 0 Å². The van der Waals surface area contributed by atoms with Crippen molar-refractivity contribution < 1.29 is 4.79 Å². The predicted octanol–water partition coefficient (Wildman–Crippen LogP) is 1.66. The van der Waals surface area contributed by atoms with Crippen molar-refractivity contribution in [3.63, 3.8) is 0 Å². The van der Waals surface area contributed by atoms with Gasteiger partial charge in [0.05, 0.1) is 11.8 Å². The molecule has 5 heteroatoms. The zero-order valence-corrected chi connectivity index (χ0v) is 9.91. The molecule has 0 spiro atoms. The number of H-pyrrole nitrogens is 1. The third kappa shape index (κ3) is 2.57. The van der Waals surface area contributed by atoms with E-state index in [-0.39, 0.29) is 11.9 Å². The lowest BCUT2D eigenvalue weighted by molar-refractivity contribution is 0.0719. The number of halogens is 1. The Bertz CT molecular complexity index is 284. The molecule has 0 saturated heterocycles. The number of aromatic amines is 1. The lowest BCUT2D eigenvalue weighted by Gasteiger charge is -2.25. The Labute approximate surface area is 91.8 Å². The number of alkyl halides is 1. The Morgan fingerprint density at radius 2 is 2.43 bits per heavy atom. The van der Waals surface area contributed by atoms with Crippen LogP contribution in [0.15, 0.2) is 12.4 Å². The molecule has 0 radical (unpaired) electrons. The zero-order chi connectivity index (χ0) is 10.6. The molecule has 0 fully saturated rings. The molecule has 1 rings (SSSR count). The number of carbonyl (C=O) groups excluding carboxylic acids is 1. The molecule has 0 aliphatic rings. The van der Waals surface area contributed by atoms with Gasteiger partial charge in [-0.25, -0.2) is 0 Å². The predicted molar refractivity (Wildman–Crippen MR) is 58.6 cm³/mol. The second kappa shape index (κ2) is 5.14. The maximum atomic E-state index is 11.9. The van der Waals surface area contributed by atoms with Gasteiger partial charge in [-0.1, -0.05) is 15.9 Å². The monoisotopic (exact) mass is 259 g/mol. The molecule has 0 aromatic carbocycles. The minimum atomic E-state index is 0.0215. The Kier molecular flexibility index (Phi) is 4.13. The maximum absolute atomic E-state index is 11.9. The van der Waals surface area contributed by atoms with Crippen LogP contribution in [0.2, 0.25) is 0 Å². The molecule has 1 aromatic heterocycles. The minimum Gasteiger partial charge on any atom is -0.335 e. The van der Waals surface area contributed by atoms with Gasteiger partial charge in [0.1, 0.15) is 0 Å². The topological polar surface area (TPSA) is 49.0 Å². The van der Waals surface area contributed by atoms with Crippen LogP contribution < -0.4 is 0 Å². The third-order valence-electron chi connectivity index (χ3n) is 1.95. The fourth-order valence-corrected chi connectivity index (χ4v) is 1.60. The van der Waals surface area contributed by atoms with Gasteiger partial charge in [0.15, 0.2) is 0 Å². The summed E-state index contributed by atoms with van der Waals surface area (Å²) < 4.78 is 0. The van der Waals surface area contributed by atoms with Gasteiger partial charge in [-0.05, 0) is 13.8 Å². The van der Waals surface area contributed by atoms with Crippen LogP contribution in [0.4, 0.5) is 0 Å². The number of carbonyl (C=O) groups is 1. The molecule has 1 N–H and O–H groups in total. The molecule has 14 heavy (non-hydrogen) atoms. The highest BCUT2D eigenvalue weighted by Crippen LogP contribution is 2.07. The summed E-state index contributed by atoms with van der Waals surface area (Å²) in [6.07, 6.45) is 3.16. The van der Waals surface area contributed by atoms with Crippen molar-refractivity contribution in [2.24, 2.45) is 0 Å². The molecule has 1 heterocycles. The van der Waals surface area contributed by atoms with Crippen LogP contribution in [0.5, 0.6) is 0 Å². The first-order chi connectivity index (χ1) is 6.66. The van der Waals surface area contributed by atoms with Crippen molar-refractivity contribution in [2.45, 2.75) is 19.9 Å². The van der Waals surface area contributed by atoms with Crippen molar-refractivity contribution in [1.29, 1.82) is 0 Å². The summed E-state index contributed by atoms with van der Waals surface area (Å²) in [5.74, 6) is 0.0215. The molecule has 1 amide bonds.